The van der Waals surface area contributed by atoms with E-state index in [0.29, 0.717) is 17.5 Å². The minimum absolute atomic E-state index is 0.0575. The number of benzene rings is 1. The summed E-state index contributed by atoms with van der Waals surface area (Å²) in [6.45, 7) is 6.29. The molecule has 2 aliphatic rings. The lowest BCUT2D eigenvalue weighted by Crippen LogP contribution is -2.38. The quantitative estimate of drug-likeness (QED) is 0.763. The first-order valence-corrected chi connectivity index (χ1v) is 11.9. The number of nitrogens with zero attached hydrogens (tertiary/aromatic N) is 2. The summed E-state index contributed by atoms with van der Waals surface area (Å²) in [6.07, 6.45) is 2.21. The zero-order valence-electron chi connectivity index (χ0n) is 15.5. The predicted octanol–water partition coefficient (Wildman–Crippen LogP) is 3.60. The summed E-state index contributed by atoms with van der Waals surface area (Å²) in [5.41, 5.74) is 2.12. The van der Waals surface area contributed by atoms with Gasteiger partial charge in [0.25, 0.3) is 0 Å². The Morgan fingerprint density at radius 2 is 2.04 bits per heavy atom. The maximum atomic E-state index is 12.3. The number of aliphatic imine (C=N–C) groups is 1. The summed E-state index contributed by atoms with van der Waals surface area (Å²) < 4.78 is 24.3. The zero-order valence-corrected chi connectivity index (χ0v) is 17.1. The number of hydrogen-bond donors (Lipinski definition) is 0. The Balaban J connectivity index is 2.01. The molecule has 2 aliphatic heterocycles. The SMILES string of the molecule is CCCCC(=O)N=C1S[C@H]2CS(=O)(=O)C[C@H]2N1c1ccccc1C(C)C. The van der Waals surface area contributed by atoms with Crippen molar-refractivity contribution in [3.63, 3.8) is 0 Å². The number of rotatable bonds is 5. The smallest absolute Gasteiger partial charge is 0.248 e. The Morgan fingerprint density at radius 3 is 2.73 bits per heavy atom. The highest BCUT2D eigenvalue weighted by Gasteiger charge is 2.49. The topological polar surface area (TPSA) is 66.8 Å². The van der Waals surface area contributed by atoms with Gasteiger partial charge in [-0.25, -0.2) is 8.42 Å². The number of hydrogen-bond acceptors (Lipinski definition) is 4. The van der Waals surface area contributed by atoms with E-state index in [2.05, 4.69) is 24.9 Å². The largest absolute Gasteiger partial charge is 0.315 e. The molecule has 1 amide bonds. The maximum Gasteiger partial charge on any atom is 0.248 e. The summed E-state index contributed by atoms with van der Waals surface area (Å²) in [5, 5.41) is 0.599. The second kappa shape index (κ2) is 7.72. The number of carbonyl (C=O) groups excluding carboxylic acids is 1. The highest BCUT2D eigenvalue weighted by atomic mass is 32.2. The lowest BCUT2D eigenvalue weighted by atomic mass is 9.99. The van der Waals surface area contributed by atoms with Crippen LogP contribution in [0.15, 0.2) is 29.3 Å². The van der Waals surface area contributed by atoms with Crippen LogP contribution in [0.4, 0.5) is 5.69 Å². The van der Waals surface area contributed by atoms with Gasteiger partial charge in [0.05, 0.1) is 17.5 Å². The van der Waals surface area contributed by atoms with Crippen molar-refractivity contribution < 1.29 is 13.2 Å². The number of unbranched alkanes of at least 4 members (excludes halogenated alkanes) is 1. The van der Waals surface area contributed by atoms with Crippen LogP contribution in [-0.2, 0) is 14.6 Å². The van der Waals surface area contributed by atoms with E-state index in [-0.39, 0.29) is 28.7 Å². The van der Waals surface area contributed by atoms with Crippen molar-refractivity contribution in [3.8, 4) is 0 Å². The van der Waals surface area contributed by atoms with Crippen LogP contribution in [-0.4, -0.2) is 42.3 Å². The van der Waals surface area contributed by atoms with Gasteiger partial charge in [-0.15, -0.1) is 0 Å². The number of thioether (sulfide) groups is 1. The second-order valence-electron chi connectivity index (χ2n) is 7.28. The fraction of sp³-hybridized carbons (Fsp3) is 0.579. The van der Waals surface area contributed by atoms with Gasteiger partial charge in [0.1, 0.15) is 0 Å². The van der Waals surface area contributed by atoms with Gasteiger partial charge in [-0.3, -0.25) is 4.79 Å². The summed E-state index contributed by atoms with van der Waals surface area (Å²) in [4.78, 5) is 18.6. The number of para-hydroxylation sites is 1. The number of fused-ring (bicyclic) bond motifs is 1. The van der Waals surface area contributed by atoms with Gasteiger partial charge in [-0.1, -0.05) is 57.2 Å². The Bertz CT molecular complexity index is 818. The van der Waals surface area contributed by atoms with Gasteiger partial charge in [0.15, 0.2) is 15.0 Å². The first-order valence-electron chi connectivity index (χ1n) is 9.19. The maximum absolute atomic E-state index is 12.3. The van der Waals surface area contributed by atoms with E-state index in [1.165, 1.54) is 11.8 Å². The molecule has 2 atom stereocenters. The Morgan fingerprint density at radius 1 is 1.31 bits per heavy atom. The summed E-state index contributed by atoms with van der Waals surface area (Å²) in [5.74, 6) is 0.457. The van der Waals surface area contributed by atoms with Gasteiger partial charge in [0, 0.05) is 17.4 Å². The molecule has 0 spiro atoms. The van der Waals surface area contributed by atoms with Gasteiger partial charge in [0.2, 0.25) is 5.91 Å². The Kier molecular flexibility index (Phi) is 5.77. The summed E-state index contributed by atoms with van der Waals surface area (Å²) in [7, 11) is -3.05. The molecule has 7 heteroatoms. The molecule has 2 saturated heterocycles. The first kappa shape index (κ1) is 19.4. The second-order valence-corrected chi connectivity index (χ2v) is 10.6. The third-order valence-corrected chi connectivity index (χ3v) is 8.06. The van der Waals surface area contributed by atoms with Crippen molar-refractivity contribution in [2.45, 2.75) is 57.2 Å². The molecule has 26 heavy (non-hydrogen) atoms. The minimum Gasteiger partial charge on any atom is -0.315 e. The van der Waals surface area contributed by atoms with Crippen LogP contribution >= 0.6 is 11.8 Å². The van der Waals surface area contributed by atoms with E-state index < -0.39 is 9.84 Å². The average Bonchev–Trinajstić information content (AvgIpc) is 3.03. The van der Waals surface area contributed by atoms with Crippen molar-refractivity contribution in [2.24, 2.45) is 4.99 Å². The Labute approximate surface area is 160 Å². The number of amides is 1. The zero-order chi connectivity index (χ0) is 18.9. The number of anilines is 1. The van der Waals surface area contributed by atoms with Crippen molar-refractivity contribution >= 4 is 38.4 Å². The number of carbonyl (C=O) groups is 1. The molecule has 3 rings (SSSR count). The summed E-state index contributed by atoms with van der Waals surface area (Å²) in [6, 6.07) is 7.88. The van der Waals surface area contributed by atoms with E-state index in [4.69, 9.17) is 0 Å². The molecular weight excluding hydrogens is 368 g/mol. The van der Waals surface area contributed by atoms with Gasteiger partial charge in [-0.2, -0.15) is 4.99 Å². The van der Waals surface area contributed by atoms with Crippen LogP contribution in [0, 0.1) is 0 Å². The highest BCUT2D eigenvalue weighted by molar-refractivity contribution is 8.16. The monoisotopic (exact) mass is 394 g/mol. The molecule has 0 aliphatic carbocycles. The average molecular weight is 395 g/mol. The molecular formula is C19H26N2O3S2. The number of sulfone groups is 1. The van der Waals surface area contributed by atoms with Gasteiger partial charge >= 0.3 is 0 Å². The van der Waals surface area contributed by atoms with Crippen LogP contribution < -0.4 is 4.90 Å². The van der Waals surface area contributed by atoms with Crippen molar-refractivity contribution in [1.29, 1.82) is 0 Å². The van der Waals surface area contributed by atoms with E-state index in [1.54, 1.807) is 0 Å². The first-order chi connectivity index (χ1) is 12.3. The fourth-order valence-corrected chi connectivity index (χ4v) is 7.46. The van der Waals surface area contributed by atoms with Crippen LogP contribution in [0.25, 0.3) is 0 Å². The third kappa shape index (κ3) is 3.98. The van der Waals surface area contributed by atoms with Crippen molar-refractivity contribution in [1.82, 2.24) is 0 Å². The van der Waals surface area contributed by atoms with Crippen molar-refractivity contribution in [3.05, 3.63) is 29.8 Å². The molecule has 0 bridgehead atoms. The van der Waals surface area contributed by atoms with Gasteiger partial charge < -0.3 is 4.90 Å². The molecule has 0 unspecified atom stereocenters. The highest BCUT2D eigenvalue weighted by Crippen LogP contribution is 2.43. The molecule has 1 aromatic rings. The van der Waals surface area contributed by atoms with Crippen LogP contribution in [0.3, 0.4) is 0 Å². The van der Waals surface area contributed by atoms with E-state index in [0.717, 1.165) is 24.1 Å². The normalized spacial score (nSPS) is 25.8. The predicted molar refractivity (Wildman–Crippen MR) is 109 cm³/mol. The molecule has 0 aromatic heterocycles. The lowest BCUT2D eigenvalue weighted by Gasteiger charge is -2.28. The van der Waals surface area contributed by atoms with E-state index in [1.807, 2.05) is 30.0 Å². The molecule has 0 N–H and O–H groups in total. The minimum atomic E-state index is -3.05. The van der Waals surface area contributed by atoms with Crippen LogP contribution in [0.5, 0.6) is 0 Å². The molecule has 0 saturated carbocycles. The van der Waals surface area contributed by atoms with E-state index >= 15 is 0 Å². The molecule has 5 nitrogen and oxygen atoms in total. The number of amidine groups is 1. The summed E-state index contributed by atoms with van der Waals surface area (Å²) >= 11 is 1.44. The van der Waals surface area contributed by atoms with Crippen LogP contribution in [0.1, 0.15) is 51.5 Å². The molecule has 2 heterocycles. The van der Waals surface area contributed by atoms with Gasteiger partial charge in [-0.05, 0) is 24.0 Å². The molecule has 2 fully saturated rings. The van der Waals surface area contributed by atoms with Crippen LogP contribution in [0.2, 0.25) is 0 Å². The lowest BCUT2D eigenvalue weighted by molar-refractivity contribution is -0.117. The van der Waals surface area contributed by atoms with Crippen molar-refractivity contribution in [2.75, 3.05) is 16.4 Å². The molecule has 0 radical (unpaired) electrons. The van der Waals surface area contributed by atoms with E-state index in [9.17, 15) is 13.2 Å². The third-order valence-electron chi connectivity index (χ3n) is 4.85. The standard InChI is InChI=1S/C19H26N2O3S2/c1-4-5-10-18(22)20-19-21(15-9-7-6-8-14(15)13(2)3)16-11-26(23,24)12-17(16)25-19/h6-9,13,16-17H,4-5,10-12H2,1-3H3/t16-,17+/m1/s1. The Hall–Kier alpha value is -1.34. The fourth-order valence-electron chi connectivity index (χ4n) is 3.53. The molecule has 142 valence electrons. The molecule has 1 aromatic carbocycles.